The number of aliphatic hydroxyl groups is 1. The van der Waals surface area contributed by atoms with Gasteiger partial charge in [-0.2, -0.15) is 0 Å². The summed E-state index contributed by atoms with van der Waals surface area (Å²) < 4.78 is 5.23. The van der Waals surface area contributed by atoms with Gasteiger partial charge in [-0.1, -0.05) is 11.6 Å². The molecule has 82 valence electrons. The molecule has 1 heterocycles. The van der Waals surface area contributed by atoms with Gasteiger partial charge in [0, 0.05) is 17.1 Å². The molecule has 0 radical (unpaired) electrons. The maximum atomic E-state index is 10.4. The van der Waals surface area contributed by atoms with E-state index in [2.05, 4.69) is 5.32 Å². The molecule has 1 aliphatic rings. The van der Waals surface area contributed by atoms with Crippen LogP contribution >= 0.6 is 11.6 Å². The average Bonchev–Trinajstić information content (AvgIpc) is 2.66. The lowest BCUT2D eigenvalue weighted by molar-refractivity contribution is 0.0561. The van der Waals surface area contributed by atoms with Crippen LogP contribution in [0.2, 0.25) is 5.02 Å². The third-order valence-electron chi connectivity index (χ3n) is 2.80. The SMILES string of the molecule is COc1ccc(Cl)cc1C1(O)CCNC1. The fraction of sp³-hybridized carbons (Fsp3) is 0.455. The van der Waals surface area contributed by atoms with E-state index >= 15 is 0 Å². The van der Waals surface area contributed by atoms with E-state index in [9.17, 15) is 5.11 Å². The van der Waals surface area contributed by atoms with Gasteiger partial charge in [0.05, 0.1) is 7.11 Å². The molecule has 1 fully saturated rings. The second kappa shape index (κ2) is 4.00. The van der Waals surface area contributed by atoms with Crippen LogP contribution in [0.5, 0.6) is 5.75 Å². The van der Waals surface area contributed by atoms with Crippen molar-refractivity contribution in [1.82, 2.24) is 5.32 Å². The summed E-state index contributed by atoms with van der Waals surface area (Å²) in [5, 5.41) is 14.1. The zero-order valence-corrected chi connectivity index (χ0v) is 9.34. The minimum Gasteiger partial charge on any atom is -0.496 e. The summed E-state index contributed by atoms with van der Waals surface area (Å²) in [4.78, 5) is 0. The molecule has 0 amide bonds. The van der Waals surface area contributed by atoms with Crippen LogP contribution in [-0.2, 0) is 5.60 Å². The summed E-state index contributed by atoms with van der Waals surface area (Å²) in [6.07, 6.45) is 0.684. The van der Waals surface area contributed by atoms with Gasteiger partial charge in [0.15, 0.2) is 0 Å². The summed E-state index contributed by atoms with van der Waals surface area (Å²) in [7, 11) is 1.60. The van der Waals surface area contributed by atoms with Crippen molar-refractivity contribution in [1.29, 1.82) is 0 Å². The summed E-state index contributed by atoms with van der Waals surface area (Å²) in [6, 6.07) is 5.32. The number of rotatable bonds is 2. The first-order valence-corrected chi connectivity index (χ1v) is 5.31. The van der Waals surface area contributed by atoms with Gasteiger partial charge in [0.25, 0.3) is 0 Å². The largest absolute Gasteiger partial charge is 0.496 e. The van der Waals surface area contributed by atoms with Crippen LogP contribution in [-0.4, -0.2) is 25.3 Å². The Balaban J connectivity index is 2.44. The molecular formula is C11H14ClNO2. The van der Waals surface area contributed by atoms with Gasteiger partial charge in [0.2, 0.25) is 0 Å². The molecule has 1 atom stereocenters. The van der Waals surface area contributed by atoms with E-state index in [1.165, 1.54) is 0 Å². The molecule has 1 unspecified atom stereocenters. The zero-order valence-electron chi connectivity index (χ0n) is 8.59. The third-order valence-corrected chi connectivity index (χ3v) is 3.03. The number of β-amino-alcohol motifs (C(OH)–C–C–N with tert-alkyl or cyclic N) is 1. The summed E-state index contributed by atoms with van der Waals surface area (Å²) >= 11 is 5.93. The first-order chi connectivity index (χ1) is 7.15. The maximum absolute atomic E-state index is 10.4. The zero-order chi connectivity index (χ0) is 10.9. The number of hydrogen-bond acceptors (Lipinski definition) is 3. The molecular weight excluding hydrogens is 214 g/mol. The van der Waals surface area contributed by atoms with Crippen LogP contribution in [0.25, 0.3) is 0 Å². The smallest absolute Gasteiger partial charge is 0.125 e. The van der Waals surface area contributed by atoms with Crippen LogP contribution < -0.4 is 10.1 Å². The molecule has 1 saturated heterocycles. The van der Waals surface area contributed by atoms with E-state index in [4.69, 9.17) is 16.3 Å². The number of benzene rings is 1. The quantitative estimate of drug-likeness (QED) is 0.805. The van der Waals surface area contributed by atoms with Crippen molar-refractivity contribution in [3.8, 4) is 5.75 Å². The van der Waals surface area contributed by atoms with Crippen LogP contribution in [0.3, 0.4) is 0 Å². The lowest BCUT2D eigenvalue weighted by Crippen LogP contribution is -2.28. The van der Waals surface area contributed by atoms with E-state index < -0.39 is 5.60 Å². The van der Waals surface area contributed by atoms with Gasteiger partial charge in [-0.25, -0.2) is 0 Å². The van der Waals surface area contributed by atoms with Crippen LogP contribution in [0.4, 0.5) is 0 Å². The maximum Gasteiger partial charge on any atom is 0.125 e. The first kappa shape index (κ1) is 10.7. The fourth-order valence-corrected chi connectivity index (χ4v) is 2.12. The Labute approximate surface area is 94.0 Å². The average molecular weight is 228 g/mol. The lowest BCUT2D eigenvalue weighted by atomic mass is 9.92. The van der Waals surface area contributed by atoms with E-state index in [0.717, 1.165) is 12.1 Å². The van der Waals surface area contributed by atoms with Gasteiger partial charge in [-0.3, -0.25) is 0 Å². The van der Waals surface area contributed by atoms with Crippen LogP contribution in [0, 0.1) is 0 Å². The van der Waals surface area contributed by atoms with Crippen LogP contribution in [0.15, 0.2) is 18.2 Å². The Bertz CT molecular complexity index is 362. The predicted molar refractivity (Wildman–Crippen MR) is 59.4 cm³/mol. The van der Waals surface area contributed by atoms with E-state index in [1.54, 1.807) is 25.3 Å². The predicted octanol–water partition coefficient (Wildman–Crippen LogP) is 1.53. The molecule has 1 aromatic rings. The highest BCUT2D eigenvalue weighted by Crippen LogP contribution is 2.36. The van der Waals surface area contributed by atoms with Crippen molar-refractivity contribution in [3.05, 3.63) is 28.8 Å². The lowest BCUT2D eigenvalue weighted by Gasteiger charge is -2.24. The second-order valence-electron chi connectivity index (χ2n) is 3.80. The molecule has 0 bridgehead atoms. The fourth-order valence-electron chi connectivity index (χ4n) is 1.95. The normalized spacial score (nSPS) is 25.5. The molecule has 4 heteroatoms. The molecule has 0 aliphatic carbocycles. The Kier molecular flexibility index (Phi) is 2.87. The number of nitrogens with one attached hydrogen (secondary N) is 1. The summed E-state index contributed by atoms with van der Waals surface area (Å²) in [5.41, 5.74) is -0.0847. The van der Waals surface area contributed by atoms with Crippen molar-refractivity contribution in [2.24, 2.45) is 0 Å². The van der Waals surface area contributed by atoms with Crippen molar-refractivity contribution in [2.45, 2.75) is 12.0 Å². The molecule has 2 N–H and O–H groups in total. The molecule has 0 saturated carbocycles. The van der Waals surface area contributed by atoms with E-state index in [-0.39, 0.29) is 0 Å². The number of hydrogen-bond donors (Lipinski definition) is 2. The summed E-state index contributed by atoms with van der Waals surface area (Å²) in [5.74, 6) is 0.686. The van der Waals surface area contributed by atoms with E-state index in [0.29, 0.717) is 23.7 Å². The molecule has 0 spiro atoms. The van der Waals surface area contributed by atoms with Gasteiger partial charge in [-0.15, -0.1) is 0 Å². The van der Waals surface area contributed by atoms with Gasteiger partial charge in [0.1, 0.15) is 11.4 Å². The van der Waals surface area contributed by atoms with Crippen molar-refractivity contribution in [3.63, 3.8) is 0 Å². The van der Waals surface area contributed by atoms with Crippen molar-refractivity contribution >= 4 is 11.6 Å². The topological polar surface area (TPSA) is 41.5 Å². The van der Waals surface area contributed by atoms with Crippen LogP contribution in [0.1, 0.15) is 12.0 Å². The summed E-state index contributed by atoms with van der Waals surface area (Å²) in [6.45, 7) is 1.36. The molecule has 1 aromatic carbocycles. The van der Waals surface area contributed by atoms with Gasteiger partial charge < -0.3 is 15.2 Å². The second-order valence-corrected chi connectivity index (χ2v) is 4.24. The Morgan fingerprint density at radius 2 is 2.33 bits per heavy atom. The highest BCUT2D eigenvalue weighted by atomic mass is 35.5. The number of methoxy groups -OCH3 is 1. The Morgan fingerprint density at radius 1 is 1.53 bits per heavy atom. The molecule has 2 rings (SSSR count). The van der Waals surface area contributed by atoms with E-state index in [1.807, 2.05) is 0 Å². The number of ether oxygens (including phenoxy) is 1. The van der Waals surface area contributed by atoms with Crippen molar-refractivity contribution < 1.29 is 9.84 Å². The standard InChI is InChI=1S/C11H14ClNO2/c1-15-10-3-2-8(12)6-9(10)11(14)4-5-13-7-11/h2-3,6,13-14H,4-5,7H2,1H3. The molecule has 0 aromatic heterocycles. The Morgan fingerprint density at radius 3 is 2.93 bits per heavy atom. The highest BCUT2D eigenvalue weighted by Gasteiger charge is 2.35. The molecule has 15 heavy (non-hydrogen) atoms. The minimum absolute atomic E-state index is 0.545. The third kappa shape index (κ3) is 1.95. The Hall–Kier alpha value is -0.770. The highest BCUT2D eigenvalue weighted by molar-refractivity contribution is 6.30. The number of halogens is 1. The monoisotopic (exact) mass is 227 g/mol. The van der Waals surface area contributed by atoms with Crippen molar-refractivity contribution in [2.75, 3.05) is 20.2 Å². The van der Waals surface area contributed by atoms with Gasteiger partial charge in [-0.05, 0) is 31.2 Å². The van der Waals surface area contributed by atoms with Gasteiger partial charge >= 0.3 is 0 Å². The molecule has 1 aliphatic heterocycles. The molecule has 3 nitrogen and oxygen atoms in total. The minimum atomic E-state index is -0.851. The first-order valence-electron chi connectivity index (χ1n) is 4.93.